The molecule has 0 heterocycles. The smallest absolute Gasteiger partial charge is 0.137 e. The van der Waals surface area contributed by atoms with E-state index in [9.17, 15) is 0 Å². The Kier molecular flexibility index (Phi) is 4.22. The molecule has 2 aromatic rings. The van der Waals surface area contributed by atoms with Crippen molar-refractivity contribution < 1.29 is 4.74 Å². The van der Waals surface area contributed by atoms with Crippen molar-refractivity contribution in [1.29, 1.82) is 0 Å². The van der Waals surface area contributed by atoms with Gasteiger partial charge < -0.3 is 10.5 Å². The van der Waals surface area contributed by atoms with E-state index < -0.39 is 0 Å². The SMILES string of the molecule is NC(=S)c1cc(Br)ccc1Oc1cccc(Cl)c1. The Morgan fingerprint density at radius 2 is 2.00 bits per heavy atom. The molecule has 2 N–H and O–H groups in total. The number of benzene rings is 2. The van der Waals surface area contributed by atoms with Crippen molar-refractivity contribution >= 4 is 44.7 Å². The lowest BCUT2D eigenvalue weighted by Gasteiger charge is -2.10. The Balaban J connectivity index is 2.37. The predicted molar refractivity (Wildman–Crippen MR) is 81.6 cm³/mol. The molecule has 2 aromatic carbocycles. The summed E-state index contributed by atoms with van der Waals surface area (Å²) in [7, 11) is 0. The second-order valence-electron chi connectivity index (χ2n) is 3.56. The van der Waals surface area contributed by atoms with Gasteiger partial charge in [0.2, 0.25) is 0 Å². The summed E-state index contributed by atoms with van der Waals surface area (Å²) in [4.78, 5) is 0.285. The second kappa shape index (κ2) is 5.69. The number of hydrogen-bond donors (Lipinski definition) is 1. The van der Waals surface area contributed by atoms with Crippen molar-refractivity contribution in [3.05, 3.63) is 57.5 Å². The molecule has 0 aliphatic carbocycles. The van der Waals surface area contributed by atoms with E-state index in [1.54, 1.807) is 18.2 Å². The van der Waals surface area contributed by atoms with Gasteiger partial charge in [-0.15, -0.1) is 0 Å². The summed E-state index contributed by atoms with van der Waals surface area (Å²) in [5, 5.41) is 0.612. The van der Waals surface area contributed by atoms with E-state index in [0.717, 1.165) is 4.47 Å². The first-order valence-electron chi connectivity index (χ1n) is 5.09. The second-order valence-corrected chi connectivity index (χ2v) is 5.36. The quantitative estimate of drug-likeness (QED) is 0.832. The first-order chi connectivity index (χ1) is 8.56. The molecule has 0 bridgehead atoms. The fraction of sp³-hybridized carbons (Fsp3) is 0. The molecule has 2 rings (SSSR count). The highest BCUT2D eigenvalue weighted by atomic mass is 79.9. The molecule has 5 heteroatoms. The highest BCUT2D eigenvalue weighted by Crippen LogP contribution is 2.29. The highest BCUT2D eigenvalue weighted by Gasteiger charge is 2.08. The van der Waals surface area contributed by atoms with Crippen LogP contribution in [-0.2, 0) is 0 Å². The molecule has 18 heavy (non-hydrogen) atoms. The van der Waals surface area contributed by atoms with Gasteiger partial charge in [0.1, 0.15) is 16.5 Å². The van der Waals surface area contributed by atoms with Crippen LogP contribution < -0.4 is 10.5 Å². The van der Waals surface area contributed by atoms with Crippen LogP contribution in [0.2, 0.25) is 5.02 Å². The van der Waals surface area contributed by atoms with Gasteiger partial charge in [-0.2, -0.15) is 0 Å². The Morgan fingerprint density at radius 1 is 1.22 bits per heavy atom. The molecule has 0 atom stereocenters. The van der Waals surface area contributed by atoms with E-state index in [-0.39, 0.29) is 4.99 Å². The summed E-state index contributed by atoms with van der Waals surface area (Å²) in [5.74, 6) is 1.25. The molecule has 0 unspecified atom stereocenters. The summed E-state index contributed by atoms with van der Waals surface area (Å²) in [6.07, 6.45) is 0. The van der Waals surface area contributed by atoms with Gasteiger partial charge in [-0.05, 0) is 36.4 Å². The maximum Gasteiger partial charge on any atom is 0.137 e. The molecule has 0 radical (unpaired) electrons. The number of halogens is 2. The summed E-state index contributed by atoms with van der Waals surface area (Å²) in [6, 6.07) is 12.6. The van der Waals surface area contributed by atoms with Crippen molar-refractivity contribution in [2.45, 2.75) is 0 Å². The number of thiocarbonyl (C=S) groups is 1. The summed E-state index contributed by atoms with van der Waals surface area (Å²) in [6.45, 7) is 0. The average Bonchev–Trinajstić information content (AvgIpc) is 2.31. The number of ether oxygens (including phenoxy) is 1. The molecule has 2 nitrogen and oxygen atoms in total. The maximum atomic E-state index is 5.90. The van der Waals surface area contributed by atoms with Crippen LogP contribution in [0.3, 0.4) is 0 Å². The third-order valence-electron chi connectivity index (χ3n) is 2.23. The lowest BCUT2D eigenvalue weighted by Crippen LogP contribution is -2.10. The molecular weight excluding hydrogens is 334 g/mol. The van der Waals surface area contributed by atoms with Gasteiger partial charge in [-0.25, -0.2) is 0 Å². The van der Waals surface area contributed by atoms with Crippen molar-refractivity contribution in [2.75, 3.05) is 0 Å². The minimum atomic E-state index is 0.285. The van der Waals surface area contributed by atoms with Crippen LogP contribution in [0.25, 0.3) is 0 Å². The van der Waals surface area contributed by atoms with Crippen LogP contribution in [0, 0.1) is 0 Å². The van der Waals surface area contributed by atoms with Gasteiger partial charge >= 0.3 is 0 Å². The van der Waals surface area contributed by atoms with Gasteiger partial charge in [0.05, 0.1) is 5.56 Å². The zero-order chi connectivity index (χ0) is 13.1. The van der Waals surface area contributed by atoms with Gasteiger partial charge in [0.15, 0.2) is 0 Å². The minimum Gasteiger partial charge on any atom is -0.457 e. The molecule has 0 saturated heterocycles. The van der Waals surface area contributed by atoms with Gasteiger partial charge in [-0.1, -0.05) is 45.8 Å². The average molecular weight is 343 g/mol. The summed E-state index contributed by atoms with van der Waals surface area (Å²) >= 11 is 14.3. The highest BCUT2D eigenvalue weighted by molar-refractivity contribution is 9.10. The number of hydrogen-bond acceptors (Lipinski definition) is 2. The molecule has 92 valence electrons. The third kappa shape index (κ3) is 3.22. The lowest BCUT2D eigenvalue weighted by atomic mass is 10.2. The predicted octanol–water partition coefficient (Wildman–Crippen LogP) is 4.53. The molecule has 0 aliphatic heterocycles. The largest absolute Gasteiger partial charge is 0.457 e. The zero-order valence-corrected chi connectivity index (χ0v) is 12.3. The van der Waals surface area contributed by atoms with Gasteiger partial charge in [0.25, 0.3) is 0 Å². The molecule has 0 saturated carbocycles. The van der Waals surface area contributed by atoms with Crippen molar-refractivity contribution in [1.82, 2.24) is 0 Å². The monoisotopic (exact) mass is 341 g/mol. The Labute approximate surface area is 124 Å². The molecule has 0 spiro atoms. The minimum absolute atomic E-state index is 0.285. The molecular formula is C13H9BrClNOS. The van der Waals surface area contributed by atoms with Crippen LogP contribution >= 0.6 is 39.7 Å². The first kappa shape index (κ1) is 13.3. The normalized spacial score (nSPS) is 10.1. The summed E-state index contributed by atoms with van der Waals surface area (Å²) < 4.78 is 6.63. The fourth-order valence-corrected chi connectivity index (χ4v) is 2.14. The van der Waals surface area contributed by atoms with E-state index in [1.807, 2.05) is 24.3 Å². The Morgan fingerprint density at radius 3 is 2.67 bits per heavy atom. The Hall–Kier alpha value is -1.10. The first-order valence-corrected chi connectivity index (χ1v) is 6.67. The summed E-state index contributed by atoms with van der Waals surface area (Å²) in [5.41, 5.74) is 6.35. The van der Waals surface area contributed by atoms with Crippen LogP contribution in [0.1, 0.15) is 5.56 Å². The fourth-order valence-electron chi connectivity index (χ4n) is 1.44. The topological polar surface area (TPSA) is 35.2 Å². The van der Waals surface area contributed by atoms with Gasteiger partial charge in [0, 0.05) is 9.50 Å². The van der Waals surface area contributed by atoms with Crippen molar-refractivity contribution in [3.8, 4) is 11.5 Å². The number of nitrogens with two attached hydrogens (primary N) is 1. The van der Waals surface area contributed by atoms with Crippen LogP contribution in [0.4, 0.5) is 0 Å². The van der Waals surface area contributed by atoms with Crippen LogP contribution in [-0.4, -0.2) is 4.99 Å². The van der Waals surface area contributed by atoms with Crippen LogP contribution in [0.15, 0.2) is 46.9 Å². The van der Waals surface area contributed by atoms with Gasteiger partial charge in [-0.3, -0.25) is 0 Å². The van der Waals surface area contributed by atoms with Crippen LogP contribution in [0.5, 0.6) is 11.5 Å². The van der Waals surface area contributed by atoms with E-state index in [0.29, 0.717) is 22.1 Å². The lowest BCUT2D eigenvalue weighted by molar-refractivity contribution is 0.481. The molecule has 0 aliphatic rings. The maximum absolute atomic E-state index is 5.90. The van der Waals surface area contributed by atoms with E-state index in [4.69, 9.17) is 34.3 Å². The third-order valence-corrected chi connectivity index (χ3v) is 3.18. The van der Waals surface area contributed by atoms with E-state index in [1.165, 1.54) is 0 Å². The Bertz CT molecular complexity index is 603. The van der Waals surface area contributed by atoms with Crippen molar-refractivity contribution in [3.63, 3.8) is 0 Å². The standard InChI is InChI=1S/C13H9BrClNOS/c14-8-4-5-12(11(6-8)13(16)18)17-10-3-1-2-9(15)7-10/h1-7H,(H2,16,18). The van der Waals surface area contributed by atoms with E-state index in [2.05, 4.69) is 15.9 Å². The van der Waals surface area contributed by atoms with Crippen molar-refractivity contribution in [2.24, 2.45) is 5.73 Å². The zero-order valence-electron chi connectivity index (χ0n) is 9.19. The van der Waals surface area contributed by atoms with E-state index >= 15 is 0 Å². The molecule has 0 fully saturated rings. The molecule has 0 aromatic heterocycles. The molecule has 0 amide bonds. The number of rotatable bonds is 3.